The first-order valence-electron chi connectivity index (χ1n) is 4.81. The quantitative estimate of drug-likeness (QED) is 0.552. The lowest BCUT2D eigenvalue weighted by Crippen LogP contribution is -2.56. The van der Waals surface area contributed by atoms with Gasteiger partial charge >= 0.3 is 0 Å². The van der Waals surface area contributed by atoms with Gasteiger partial charge in [0, 0.05) is 18.1 Å². The summed E-state index contributed by atoms with van der Waals surface area (Å²) < 4.78 is 5.57. The Balaban J connectivity index is 2.64. The summed E-state index contributed by atoms with van der Waals surface area (Å²) in [6.07, 6.45) is 0.373. The zero-order valence-electron chi connectivity index (χ0n) is 8.92. The molecule has 2 nitrogen and oxygen atoms in total. The van der Waals surface area contributed by atoms with E-state index in [2.05, 4.69) is 39.5 Å². The predicted octanol–water partition coefficient (Wildman–Crippen LogP) is 1.89. The fourth-order valence-corrected chi connectivity index (χ4v) is 1.88. The van der Waals surface area contributed by atoms with Gasteiger partial charge in [-0.25, -0.2) is 0 Å². The molecule has 0 N–H and O–H groups in total. The minimum absolute atomic E-state index is 0.275. The number of hydrogen-bond donors (Lipinski definition) is 0. The lowest BCUT2D eigenvalue weighted by atomic mass is 10.00. The summed E-state index contributed by atoms with van der Waals surface area (Å²) in [5.41, 5.74) is 0.275. The molecule has 1 aliphatic rings. The number of nitrogens with zero attached hydrogens (tertiary/aromatic N) is 1. The smallest absolute Gasteiger partial charge is 0.0700 e. The van der Waals surface area contributed by atoms with Crippen molar-refractivity contribution in [1.29, 1.82) is 0 Å². The van der Waals surface area contributed by atoms with Gasteiger partial charge in [-0.3, -0.25) is 4.90 Å². The zero-order valence-corrected chi connectivity index (χ0v) is 8.92. The number of ether oxygens (including phenoxy) is 1. The standard InChI is InChI=1S/C10H21NO/c1-8-9(2)12-7-6-11(8)10(3,4)5/h8-9H,6-7H2,1-5H3/t8-,9-/m0/s1. The van der Waals surface area contributed by atoms with Crippen LogP contribution in [0.2, 0.25) is 0 Å². The summed E-state index contributed by atoms with van der Waals surface area (Å²) in [7, 11) is 0. The highest BCUT2D eigenvalue weighted by molar-refractivity contribution is 4.86. The van der Waals surface area contributed by atoms with E-state index in [1.807, 2.05) is 0 Å². The fourth-order valence-electron chi connectivity index (χ4n) is 1.88. The van der Waals surface area contributed by atoms with Gasteiger partial charge in [-0.2, -0.15) is 0 Å². The second kappa shape index (κ2) is 3.35. The minimum atomic E-state index is 0.275. The molecule has 0 radical (unpaired) electrons. The van der Waals surface area contributed by atoms with Crippen LogP contribution in [0.5, 0.6) is 0 Å². The molecule has 2 atom stereocenters. The van der Waals surface area contributed by atoms with Crippen LogP contribution in [0.25, 0.3) is 0 Å². The average Bonchev–Trinajstić information content (AvgIpc) is 1.92. The molecule has 1 rings (SSSR count). The van der Waals surface area contributed by atoms with Crippen LogP contribution in [-0.4, -0.2) is 35.7 Å². The number of rotatable bonds is 0. The molecule has 0 aromatic carbocycles. The van der Waals surface area contributed by atoms with Gasteiger partial charge in [0.15, 0.2) is 0 Å². The second-order valence-electron chi connectivity index (χ2n) is 4.68. The van der Waals surface area contributed by atoms with Crippen molar-refractivity contribution in [3.05, 3.63) is 0 Å². The Morgan fingerprint density at radius 2 is 1.83 bits per heavy atom. The average molecular weight is 171 g/mol. The summed E-state index contributed by atoms with van der Waals surface area (Å²) >= 11 is 0. The molecule has 1 saturated heterocycles. The van der Waals surface area contributed by atoms with Crippen molar-refractivity contribution in [1.82, 2.24) is 4.90 Å². The van der Waals surface area contributed by atoms with E-state index in [0.29, 0.717) is 12.1 Å². The third-order valence-electron chi connectivity index (χ3n) is 2.75. The van der Waals surface area contributed by atoms with E-state index in [0.717, 1.165) is 13.2 Å². The van der Waals surface area contributed by atoms with Gasteiger partial charge in [-0.05, 0) is 34.6 Å². The van der Waals surface area contributed by atoms with Crippen molar-refractivity contribution in [2.24, 2.45) is 0 Å². The maximum Gasteiger partial charge on any atom is 0.0700 e. The minimum Gasteiger partial charge on any atom is -0.376 e. The molecule has 0 amide bonds. The van der Waals surface area contributed by atoms with Crippen molar-refractivity contribution in [2.45, 2.75) is 52.3 Å². The monoisotopic (exact) mass is 171 g/mol. The molecule has 0 unspecified atom stereocenters. The van der Waals surface area contributed by atoms with Crippen LogP contribution in [0.4, 0.5) is 0 Å². The first-order valence-corrected chi connectivity index (χ1v) is 4.81. The Hall–Kier alpha value is -0.0800. The molecular weight excluding hydrogens is 150 g/mol. The SMILES string of the molecule is C[C@@H]1OCCN(C(C)(C)C)[C@H]1C. The molecule has 1 heterocycles. The normalized spacial score (nSPS) is 33.8. The number of morpholine rings is 1. The van der Waals surface area contributed by atoms with E-state index in [4.69, 9.17) is 4.74 Å². The summed E-state index contributed by atoms with van der Waals surface area (Å²) in [5, 5.41) is 0. The van der Waals surface area contributed by atoms with E-state index in [1.165, 1.54) is 0 Å². The van der Waals surface area contributed by atoms with E-state index in [9.17, 15) is 0 Å². The van der Waals surface area contributed by atoms with Crippen molar-refractivity contribution >= 4 is 0 Å². The molecule has 1 aliphatic heterocycles. The van der Waals surface area contributed by atoms with Crippen molar-refractivity contribution in [3.8, 4) is 0 Å². The van der Waals surface area contributed by atoms with Crippen LogP contribution in [0.15, 0.2) is 0 Å². The Kier molecular flexibility index (Phi) is 2.79. The topological polar surface area (TPSA) is 12.5 Å². The highest BCUT2D eigenvalue weighted by Gasteiger charge is 2.32. The van der Waals surface area contributed by atoms with Gasteiger partial charge in [0.2, 0.25) is 0 Å². The van der Waals surface area contributed by atoms with Gasteiger partial charge in [-0.15, -0.1) is 0 Å². The first-order chi connectivity index (χ1) is 5.43. The first kappa shape index (κ1) is 10.0. The van der Waals surface area contributed by atoms with Crippen LogP contribution < -0.4 is 0 Å². The lowest BCUT2D eigenvalue weighted by Gasteiger charge is -2.45. The third kappa shape index (κ3) is 1.99. The molecule has 0 bridgehead atoms. The predicted molar refractivity (Wildman–Crippen MR) is 51.3 cm³/mol. The van der Waals surface area contributed by atoms with E-state index in [1.54, 1.807) is 0 Å². The highest BCUT2D eigenvalue weighted by atomic mass is 16.5. The molecule has 2 heteroatoms. The van der Waals surface area contributed by atoms with Crippen LogP contribution in [0.1, 0.15) is 34.6 Å². The molecule has 0 saturated carbocycles. The van der Waals surface area contributed by atoms with E-state index >= 15 is 0 Å². The van der Waals surface area contributed by atoms with Gasteiger partial charge < -0.3 is 4.74 Å². The molecule has 0 aromatic heterocycles. The number of hydrogen-bond acceptors (Lipinski definition) is 2. The fraction of sp³-hybridized carbons (Fsp3) is 1.00. The maximum absolute atomic E-state index is 5.57. The van der Waals surface area contributed by atoms with E-state index in [-0.39, 0.29) is 5.54 Å². The summed E-state index contributed by atoms with van der Waals surface area (Å²) in [6, 6.07) is 0.541. The van der Waals surface area contributed by atoms with Crippen molar-refractivity contribution in [2.75, 3.05) is 13.2 Å². The van der Waals surface area contributed by atoms with Gasteiger partial charge in [-0.1, -0.05) is 0 Å². The van der Waals surface area contributed by atoms with Gasteiger partial charge in [0.05, 0.1) is 12.7 Å². The van der Waals surface area contributed by atoms with Crippen LogP contribution in [0, 0.1) is 0 Å². The van der Waals surface area contributed by atoms with Crippen LogP contribution in [0.3, 0.4) is 0 Å². The van der Waals surface area contributed by atoms with Crippen molar-refractivity contribution < 1.29 is 4.74 Å². The maximum atomic E-state index is 5.57. The largest absolute Gasteiger partial charge is 0.376 e. The summed E-state index contributed by atoms with van der Waals surface area (Å²) in [6.45, 7) is 13.1. The summed E-state index contributed by atoms with van der Waals surface area (Å²) in [4.78, 5) is 2.52. The highest BCUT2D eigenvalue weighted by Crippen LogP contribution is 2.22. The zero-order chi connectivity index (χ0) is 9.35. The van der Waals surface area contributed by atoms with Crippen LogP contribution >= 0.6 is 0 Å². The molecule has 1 fully saturated rings. The molecule has 0 aliphatic carbocycles. The third-order valence-corrected chi connectivity index (χ3v) is 2.75. The van der Waals surface area contributed by atoms with Crippen molar-refractivity contribution in [3.63, 3.8) is 0 Å². The van der Waals surface area contributed by atoms with Gasteiger partial charge in [0.25, 0.3) is 0 Å². The molecule has 72 valence electrons. The van der Waals surface area contributed by atoms with Crippen LogP contribution in [-0.2, 0) is 4.74 Å². The Morgan fingerprint density at radius 3 is 2.25 bits per heavy atom. The molecule has 0 spiro atoms. The Bertz CT molecular complexity index is 150. The second-order valence-corrected chi connectivity index (χ2v) is 4.68. The Morgan fingerprint density at radius 1 is 1.25 bits per heavy atom. The lowest BCUT2D eigenvalue weighted by molar-refractivity contribution is -0.0870. The Labute approximate surface area is 75.9 Å². The van der Waals surface area contributed by atoms with E-state index < -0.39 is 0 Å². The summed E-state index contributed by atoms with van der Waals surface area (Å²) in [5.74, 6) is 0. The molecule has 0 aromatic rings. The van der Waals surface area contributed by atoms with Gasteiger partial charge in [0.1, 0.15) is 0 Å². The molecular formula is C10H21NO. The molecule has 12 heavy (non-hydrogen) atoms.